The van der Waals surface area contributed by atoms with Gasteiger partial charge in [0, 0.05) is 12.5 Å². The summed E-state index contributed by atoms with van der Waals surface area (Å²) in [6, 6.07) is 2.12. The zero-order valence-corrected chi connectivity index (χ0v) is 9.14. The lowest BCUT2D eigenvalue weighted by molar-refractivity contribution is -0.138. The number of hydrogen-bond acceptors (Lipinski definition) is 4. The highest BCUT2D eigenvalue weighted by Gasteiger charge is 2.20. The van der Waals surface area contributed by atoms with E-state index in [9.17, 15) is 14.0 Å². The summed E-state index contributed by atoms with van der Waals surface area (Å²) in [5.41, 5.74) is 5.36. The largest absolute Gasteiger partial charge is 0.496 e. The van der Waals surface area contributed by atoms with Gasteiger partial charge >= 0.3 is 5.97 Å². The van der Waals surface area contributed by atoms with E-state index in [1.54, 1.807) is 0 Å². The molecule has 1 rings (SSSR count). The molecule has 0 spiro atoms. The van der Waals surface area contributed by atoms with Gasteiger partial charge in [0.25, 0.3) is 0 Å². The Balaban J connectivity index is 2.92. The maximum Gasteiger partial charge on any atom is 0.320 e. The SMILES string of the molecule is COc1cc(F)ccc1C(=O)CC(N)C(=O)O. The van der Waals surface area contributed by atoms with Gasteiger partial charge in [0.05, 0.1) is 12.7 Å². The van der Waals surface area contributed by atoms with Crippen LogP contribution < -0.4 is 10.5 Å². The van der Waals surface area contributed by atoms with Crippen LogP contribution in [0, 0.1) is 5.82 Å². The lowest BCUT2D eigenvalue weighted by Crippen LogP contribution is -2.32. The Hall–Kier alpha value is -1.95. The van der Waals surface area contributed by atoms with E-state index >= 15 is 0 Å². The van der Waals surface area contributed by atoms with Gasteiger partial charge in [-0.3, -0.25) is 9.59 Å². The topological polar surface area (TPSA) is 89.6 Å². The second-order valence-electron chi connectivity index (χ2n) is 3.42. The number of carboxylic acids is 1. The monoisotopic (exact) mass is 241 g/mol. The second kappa shape index (κ2) is 5.40. The quantitative estimate of drug-likeness (QED) is 0.745. The first-order valence-corrected chi connectivity index (χ1v) is 4.81. The number of carboxylic acid groups (broad SMARTS) is 1. The van der Waals surface area contributed by atoms with Gasteiger partial charge in [0.1, 0.15) is 17.6 Å². The van der Waals surface area contributed by atoms with Crippen molar-refractivity contribution in [1.29, 1.82) is 0 Å². The third-order valence-electron chi connectivity index (χ3n) is 2.19. The molecule has 0 heterocycles. The van der Waals surface area contributed by atoms with E-state index in [1.165, 1.54) is 13.2 Å². The second-order valence-corrected chi connectivity index (χ2v) is 3.42. The zero-order valence-electron chi connectivity index (χ0n) is 9.14. The fourth-order valence-electron chi connectivity index (χ4n) is 1.29. The lowest BCUT2D eigenvalue weighted by Gasteiger charge is -2.09. The summed E-state index contributed by atoms with van der Waals surface area (Å²) in [4.78, 5) is 22.2. The number of benzene rings is 1. The predicted octanol–water partition coefficient (Wildman–Crippen LogP) is 0.819. The number of nitrogens with two attached hydrogens (primary N) is 1. The van der Waals surface area contributed by atoms with Crippen molar-refractivity contribution in [3.05, 3.63) is 29.6 Å². The van der Waals surface area contributed by atoms with Gasteiger partial charge in [-0.25, -0.2) is 4.39 Å². The Morgan fingerprint density at radius 2 is 2.18 bits per heavy atom. The average Bonchev–Trinajstić information content (AvgIpc) is 2.28. The number of aliphatic carboxylic acids is 1. The highest BCUT2D eigenvalue weighted by Crippen LogP contribution is 2.21. The van der Waals surface area contributed by atoms with Gasteiger partial charge in [0.2, 0.25) is 0 Å². The summed E-state index contributed by atoms with van der Waals surface area (Å²) in [5, 5.41) is 8.58. The summed E-state index contributed by atoms with van der Waals surface area (Å²) in [5.74, 6) is -2.25. The van der Waals surface area contributed by atoms with E-state index in [4.69, 9.17) is 15.6 Å². The summed E-state index contributed by atoms with van der Waals surface area (Å²) in [6.07, 6.45) is -0.364. The van der Waals surface area contributed by atoms with Crippen molar-refractivity contribution in [2.24, 2.45) is 5.73 Å². The van der Waals surface area contributed by atoms with Gasteiger partial charge in [-0.2, -0.15) is 0 Å². The molecule has 0 radical (unpaired) electrons. The Bertz CT molecular complexity index is 447. The van der Waals surface area contributed by atoms with Crippen LogP contribution in [-0.4, -0.2) is 30.0 Å². The van der Waals surface area contributed by atoms with Crippen LogP contribution in [-0.2, 0) is 4.79 Å². The highest BCUT2D eigenvalue weighted by molar-refractivity contribution is 6.00. The molecule has 17 heavy (non-hydrogen) atoms. The van der Waals surface area contributed by atoms with Crippen molar-refractivity contribution < 1.29 is 23.8 Å². The molecule has 0 aliphatic heterocycles. The molecule has 0 bridgehead atoms. The van der Waals surface area contributed by atoms with Crippen molar-refractivity contribution in [1.82, 2.24) is 0 Å². The minimum atomic E-state index is -1.28. The molecule has 1 atom stereocenters. The third-order valence-corrected chi connectivity index (χ3v) is 2.19. The van der Waals surface area contributed by atoms with Crippen LogP contribution in [0.5, 0.6) is 5.75 Å². The Morgan fingerprint density at radius 1 is 1.53 bits per heavy atom. The number of carbonyl (C=O) groups is 2. The molecular formula is C11H12FNO4. The summed E-state index contributed by atoms with van der Waals surface area (Å²) in [6.45, 7) is 0. The molecule has 0 saturated heterocycles. The molecule has 6 heteroatoms. The summed E-state index contributed by atoms with van der Waals surface area (Å²) < 4.78 is 17.7. The molecule has 3 N–H and O–H groups in total. The van der Waals surface area contributed by atoms with Crippen LogP contribution in [0.25, 0.3) is 0 Å². The van der Waals surface area contributed by atoms with Crippen molar-refractivity contribution in [3.63, 3.8) is 0 Å². The van der Waals surface area contributed by atoms with Crippen molar-refractivity contribution in [2.45, 2.75) is 12.5 Å². The number of halogens is 1. The van der Waals surface area contributed by atoms with Crippen LogP contribution >= 0.6 is 0 Å². The lowest BCUT2D eigenvalue weighted by atomic mass is 10.0. The summed E-state index contributed by atoms with van der Waals surface area (Å²) >= 11 is 0. The smallest absolute Gasteiger partial charge is 0.320 e. The maximum atomic E-state index is 12.9. The van der Waals surface area contributed by atoms with Crippen molar-refractivity contribution >= 4 is 11.8 Å². The van der Waals surface area contributed by atoms with Gasteiger partial charge in [-0.05, 0) is 12.1 Å². The standard InChI is InChI=1S/C11H12FNO4/c1-17-10-4-6(12)2-3-7(10)9(14)5-8(13)11(15)16/h2-4,8H,5,13H2,1H3,(H,15,16). The van der Waals surface area contributed by atoms with E-state index in [-0.39, 0.29) is 17.7 Å². The number of carbonyl (C=O) groups excluding carboxylic acids is 1. The highest BCUT2D eigenvalue weighted by atomic mass is 19.1. The number of hydrogen-bond donors (Lipinski definition) is 2. The maximum absolute atomic E-state index is 12.9. The first kappa shape index (κ1) is 13.1. The zero-order chi connectivity index (χ0) is 13.0. The Morgan fingerprint density at radius 3 is 2.71 bits per heavy atom. The van der Waals surface area contributed by atoms with Crippen LogP contribution in [0.15, 0.2) is 18.2 Å². The van der Waals surface area contributed by atoms with E-state index in [0.717, 1.165) is 12.1 Å². The Kier molecular flexibility index (Phi) is 4.17. The number of methoxy groups -OCH3 is 1. The van der Waals surface area contributed by atoms with Gasteiger partial charge < -0.3 is 15.6 Å². The Labute approximate surface area is 97.0 Å². The minimum Gasteiger partial charge on any atom is -0.496 e. The van der Waals surface area contributed by atoms with E-state index in [0.29, 0.717) is 0 Å². The van der Waals surface area contributed by atoms with E-state index in [1.807, 2.05) is 0 Å². The molecule has 0 saturated carbocycles. The van der Waals surface area contributed by atoms with Crippen molar-refractivity contribution in [2.75, 3.05) is 7.11 Å². The van der Waals surface area contributed by atoms with Crippen LogP contribution in [0.2, 0.25) is 0 Å². The first-order chi connectivity index (χ1) is 7.95. The van der Waals surface area contributed by atoms with E-state index < -0.39 is 23.6 Å². The molecule has 5 nitrogen and oxygen atoms in total. The van der Waals surface area contributed by atoms with Crippen LogP contribution in [0.4, 0.5) is 4.39 Å². The normalized spacial score (nSPS) is 11.9. The van der Waals surface area contributed by atoms with Gasteiger partial charge in [-0.1, -0.05) is 0 Å². The molecule has 0 amide bonds. The molecule has 92 valence electrons. The molecule has 0 aliphatic carbocycles. The molecule has 0 fully saturated rings. The average molecular weight is 241 g/mol. The molecule has 1 aromatic carbocycles. The number of Topliss-reactive ketones (excluding diaryl/α,β-unsaturated/α-hetero) is 1. The fraction of sp³-hybridized carbons (Fsp3) is 0.273. The van der Waals surface area contributed by atoms with Gasteiger partial charge in [-0.15, -0.1) is 0 Å². The van der Waals surface area contributed by atoms with E-state index in [2.05, 4.69) is 0 Å². The summed E-state index contributed by atoms with van der Waals surface area (Å²) in [7, 11) is 1.29. The van der Waals surface area contributed by atoms with Crippen LogP contribution in [0.1, 0.15) is 16.8 Å². The number of ketones is 1. The van der Waals surface area contributed by atoms with Crippen molar-refractivity contribution in [3.8, 4) is 5.75 Å². The first-order valence-electron chi connectivity index (χ1n) is 4.81. The fourth-order valence-corrected chi connectivity index (χ4v) is 1.29. The number of rotatable bonds is 5. The third kappa shape index (κ3) is 3.25. The molecule has 1 aromatic rings. The molecule has 0 aromatic heterocycles. The van der Waals surface area contributed by atoms with Crippen LogP contribution in [0.3, 0.4) is 0 Å². The molecule has 1 unspecified atom stereocenters. The predicted molar refractivity (Wildman–Crippen MR) is 57.5 cm³/mol. The number of ether oxygens (including phenoxy) is 1. The van der Waals surface area contributed by atoms with Gasteiger partial charge in [0.15, 0.2) is 5.78 Å². The molecule has 0 aliphatic rings. The minimum absolute atomic E-state index is 0.0626. The molecular weight excluding hydrogens is 229 g/mol.